The highest BCUT2D eigenvalue weighted by Crippen LogP contribution is 2.21. The largest absolute Gasteiger partial charge is 0.344 e. The summed E-state index contributed by atoms with van der Waals surface area (Å²) >= 11 is 0. The molecular weight excluding hydrogens is 409 g/mol. The van der Waals surface area contributed by atoms with E-state index in [9.17, 15) is 14.0 Å². The first-order valence-corrected chi connectivity index (χ1v) is 9.93. The van der Waals surface area contributed by atoms with Crippen LogP contribution < -0.4 is 10.6 Å². The fourth-order valence-corrected chi connectivity index (χ4v) is 3.27. The molecule has 4 aromatic rings. The molecule has 2 heterocycles. The number of amides is 2. The minimum absolute atomic E-state index is 0.0516. The van der Waals surface area contributed by atoms with Gasteiger partial charge in [0.05, 0.1) is 23.5 Å². The Labute approximate surface area is 183 Å². The van der Waals surface area contributed by atoms with Crippen LogP contribution in [0.5, 0.6) is 0 Å². The molecule has 0 bridgehead atoms. The van der Waals surface area contributed by atoms with Gasteiger partial charge in [-0.3, -0.25) is 19.3 Å². The van der Waals surface area contributed by atoms with Crippen molar-refractivity contribution in [2.24, 2.45) is 0 Å². The van der Waals surface area contributed by atoms with Gasteiger partial charge in [-0.05, 0) is 35.4 Å². The lowest BCUT2D eigenvalue weighted by atomic mass is 10.00. The number of hydrogen-bond acceptors (Lipinski definition) is 4. The maximum Gasteiger partial charge on any atom is 0.258 e. The second kappa shape index (κ2) is 9.65. The fourth-order valence-electron chi connectivity index (χ4n) is 3.27. The monoisotopic (exact) mass is 429 g/mol. The Morgan fingerprint density at radius 1 is 0.938 bits per heavy atom. The van der Waals surface area contributed by atoms with Gasteiger partial charge in [-0.15, -0.1) is 0 Å². The van der Waals surface area contributed by atoms with Gasteiger partial charge in [0.2, 0.25) is 5.91 Å². The van der Waals surface area contributed by atoms with Crippen LogP contribution in [-0.4, -0.2) is 26.6 Å². The minimum atomic E-state index is -0.611. The number of anilines is 1. The number of carbonyl (C=O) groups is 2. The number of nitrogens with zero attached hydrogens (tertiary/aromatic N) is 3. The second-order valence-electron chi connectivity index (χ2n) is 7.05. The van der Waals surface area contributed by atoms with Crippen molar-refractivity contribution in [2.75, 3.05) is 5.32 Å². The zero-order valence-electron chi connectivity index (χ0n) is 17.0. The first-order chi connectivity index (χ1) is 15.6. The normalized spacial score (nSPS) is 11.5. The number of aromatic nitrogens is 3. The van der Waals surface area contributed by atoms with Gasteiger partial charge >= 0.3 is 0 Å². The van der Waals surface area contributed by atoms with Crippen molar-refractivity contribution in [3.05, 3.63) is 114 Å². The molecule has 0 aliphatic carbocycles. The molecule has 2 aromatic carbocycles. The van der Waals surface area contributed by atoms with Crippen LogP contribution in [0, 0.1) is 5.82 Å². The number of nitrogens with one attached hydrogen (secondary N) is 2. The molecule has 1 atom stereocenters. The first-order valence-electron chi connectivity index (χ1n) is 9.93. The number of rotatable bonds is 7. The van der Waals surface area contributed by atoms with Crippen LogP contribution in [0.25, 0.3) is 0 Å². The molecule has 4 rings (SSSR count). The molecule has 0 spiro atoms. The minimum Gasteiger partial charge on any atom is -0.344 e. The summed E-state index contributed by atoms with van der Waals surface area (Å²) in [6, 6.07) is 18.7. The summed E-state index contributed by atoms with van der Waals surface area (Å²) in [4.78, 5) is 29.0. The van der Waals surface area contributed by atoms with Crippen LogP contribution in [0.15, 0.2) is 91.5 Å². The van der Waals surface area contributed by atoms with Gasteiger partial charge in [-0.2, -0.15) is 5.10 Å². The van der Waals surface area contributed by atoms with E-state index in [0.717, 1.165) is 11.1 Å². The predicted molar refractivity (Wildman–Crippen MR) is 117 cm³/mol. The lowest BCUT2D eigenvalue weighted by Gasteiger charge is -2.19. The van der Waals surface area contributed by atoms with Crippen molar-refractivity contribution in [1.82, 2.24) is 20.1 Å². The van der Waals surface area contributed by atoms with Crippen molar-refractivity contribution >= 4 is 17.5 Å². The Morgan fingerprint density at radius 3 is 2.38 bits per heavy atom. The molecule has 32 heavy (non-hydrogen) atoms. The van der Waals surface area contributed by atoms with Crippen molar-refractivity contribution in [1.29, 1.82) is 0 Å². The number of hydrogen-bond donors (Lipinski definition) is 2. The summed E-state index contributed by atoms with van der Waals surface area (Å²) in [6.45, 7) is -0.0516. The van der Waals surface area contributed by atoms with Crippen LogP contribution >= 0.6 is 0 Å². The van der Waals surface area contributed by atoms with Gasteiger partial charge in [0.25, 0.3) is 5.91 Å². The molecule has 0 aliphatic heterocycles. The number of pyridine rings is 1. The molecule has 0 saturated carbocycles. The van der Waals surface area contributed by atoms with Crippen LogP contribution in [0.1, 0.15) is 27.5 Å². The molecule has 7 nitrogen and oxygen atoms in total. The van der Waals surface area contributed by atoms with E-state index in [0.29, 0.717) is 5.69 Å². The van der Waals surface area contributed by atoms with Crippen molar-refractivity contribution in [3.63, 3.8) is 0 Å². The van der Waals surface area contributed by atoms with Crippen molar-refractivity contribution in [3.8, 4) is 0 Å². The zero-order valence-corrected chi connectivity index (χ0v) is 17.0. The molecular formula is C24H20FN5O2. The SMILES string of the molecule is O=C(Cn1cc(NC(=O)c2ccccc2F)cn1)NC(c1ccccc1)c1ccncc1. The molecule has 0 aliphatic rings. The lowest BCUT2D eigenvalue weighted by Crippen LogP contribution is -2.32. The van der Waals surface area contributed by atoms with Crippen LogP contribution in [0.4, 0.5) is 10.1 Å². The highest BCUT2D eigenvalue weighted by Gasteiger charge is 2.18. The summed E-state index contributed by atoms with van der Waals surface area (Å²) in [6.07, 6.45) is 6.27. The Hall–Kier alpha value is -4.33. The maximum absolute atomic E-state index is 13.8. The molecule has 1 unspecified atom stereocenters. The number of benzene rings is 2. The standard InChI is InChI=1S/C24H20FN5O2/c25-21-9-5-4-8-20(21)24(32)28-19-14-27-30(15-19)16-22(31)29-23(17-6-2-1-3-7-17)18-10-12-26-13-11-18/h1-15,23H,16H2,(H,28,32)(H,29,31). The maximum atomic E-state index is 13.8. The zero-order chi connectivity index (χ0) is 22.3. The highest BCUT2D eigenvalue weighted by molar-refractivity contribution is 6.04. The average molecular weight is 429 g/mol. The van der Waals surface area contributed by atoms with E-state index in [2.05, 4.69) is 20.7 Å². The Balaban J connectivity index is 1.43. The van der Waals surface area contributed by atoms with Gasteiger partial charge in [-0.25, -0.2) is 4.39 Å². The van der Waals surface area contributed by atoms with E-state index in [1.54, 1.807) is 18.5 Å². The number of halogens is 1. The third kappa shape index (κ3) is 5.04. The molecule has 0 fully saturated rings. The van der Waals surface area contributed by atoms with E-state index in [-0.39, 0.29) is 24.1 Å². The third-order valence-electron chi connectivity index (χ3n) is 4.79. The lowest BCUT2D eigenvalue weighted by molar-refractivity contribution is -0.122. The topological polar surface area (TPSA) is 88.9 Å². The Morgan fingerprint density at radius 2 is 1.62 bits per heavy atom. The van der Waals surface area contributed by atoms with E-state index in [4.69, 9.17) is 0 Å². The molecule has 0 saturated heterocycles. The third-order valence-corrected chi connectivity index (χ3v) is 4.79. The molecule has 2 N–H and O–H groups in total. The molecule has 2 amide bonds. The van der Waals surface area contributed by atoms with Crippen LogP contribution in [-0.2, 0) is 11.3 Å². The van der Waals surface area contributed by atoms with Crippen molar-refractivity contribution < 1.29 is 14.0 Å². The number of carbonyl (C=O) groups excluding carboxylic acids is 2. The van der Waals surface area contributed by atoms with Gasteiger partial charge in [0, 0.05) is 18.6 Å². The summed E-state index contributed by atoms with van der Waals surface area (Å²) in [5, 5.41) is 9.72. The van der Waals surface area contributed by atoms with E-state index >= 15 is 0 Å². The van der Waals surface area contributed by atoms with Gasteiger partial charge in [0.1, 0.15) is 12.4 Å². The van der Waals surface area contributed by atoms with Gasteiger partial charge in [0.15, 0.2) is 0 Å². The van der Waals surface area contributed by atoms with Gasteiger partial charge < -0.3 is 10.6 Å². The first kappa shape index (κ1) is 20.9. The van der Waals surface area contributed by atoms with E-state index in [1.807, 2.05) is 42.5 Å². The Bertz CT molecular complexity index is 1170. The average Bonchev–Trinajstić information content (AvgIpc) is 3.25. The van der Waals surface area contributed by atoms with Crippen LogP contribution in [0.3, 0.4) is 0 Å². The highest BCUT2D eigenvalue weighted by atomic mass is 19.1. The van der Waals surface area contributed by atoms with E-state index < -0.39 is 11.7 Å². The van der Waals surface area contributed by atoms with Crippen molar-refractivity contribution in [2.45, 2.75) is 12.6 Å². The Kier molecular flexibility index (Phi) is 6.31. The van der Waals surface area contributed by atoms with Crippen LogP contribution in [0.2, 0.25) is 0 Å². The summed E-state index contributed by atoms with van der Waals surface area (Å²) in [5.74, 6) is -1.46. The van der Waals surface area contributed by atoms with Gasteiger partial charge in [-0.1, -0.05) is 42.5 Å². The van der Waals surface area contributed by atoms with E-state index in [1.165, 1.54) is 35.3 Å². The molecule has 8 heteroatoms. The fraction of sp³-hybridized carbons (Fsp3) is 0.0833. The summed E-state index contributed by atoms with van der Waals surface area (Å²) < 4.78 is 15.2. The smallest absolute Gasteiger partial charge is 0.258 e. The predicted octanol–water partition coefficient (Wildman–Crippen LogP) is 3.58. The summed E-state index contributed by atoms with van der Waals surface area (Å²) in [7, 11) is 0. The quantitative estimate of drug-likeness (QED) is 0.470. The molecule has 2 aromatic heterocycles. The second-order valence-corrected chi connectivity index (χ2v) is 7.05. The molecule has 0 radical (unpaired) electrons. The summed E-state index contributed by atoms with van der Waals surface area (Å²) in [5.41, 5.74) is 2.13. The molecule has 160 valence electrons.